The fourth-order valence-corrected chi connectivity index (χ4v) is 4.65. The molecular weight excluding hydrogens is 464 g/mol. The van der Waals surface area contributed by atoms with Gasteiger partial charge in [0.2, 0.25) is 0 Å². The highest BCUT2D eigenvalue weighted by Gasteiger charge is 2.27. The predicted octanol–water partition coefficient (Wildman–Crippen LogP) is 3.81. The van der Waals surface area contributed by atoms with Gasteiger partial charge in [0.15, 0.2) is 0 Å². The first-order valence-corrected chi connectivity index (χ1v) is 12.6. The Labute approximate surface area is 206 Å². The van der Waals surface area contributed by atoms with E-state index in [0.29, 0.717) is 18.0 Å². The molecule has 1 amide bonds. The standard InChI is InChI=1S/C26H30N4O4S/c1-5-34-24-14-12-23(13-15-24)30(35(32,33)25-16-6-20(2)7-17-25)19-26(31)28-27-18-21-8-10-22(11-9-21)29(3)4/h6-18H,5,19H2,1-4H3,(H,28,31)/b27-18+. The van der Waals surface area contributed by atoms with E-state index in [9.17, 15) is 13.2 Å². The van der Waals surface area contributed by atoms with E-state index in [4.69, 9.17) is 4.74 Å². The van der Waals surface area contributed by atoms with Gasteiger partial charge in [0, 0.05) is 19.8 Å². The topological polar surface area (TPSA) is 91.3 Å². The van der Waals surface area contributed by atoms with Crippen LogP contribution in [0, 0.1) is 6.92 Å². The third-order valence-electron chi connectivity index (χ3n) is 5.14. The number of benzene rings is 3. The van der Waals surface area contributed by atoms with Gasteiger partial charge in [0.25, 0.3) is 15.9 Å². The number of nitrogens with one attached hydrogen (secondary N) is 1. The Morgan fingerprint density at radius 3 is 2.11 bits per heavy atom. The molecule has 8 nitrogen and oxygen atoms in total. The molecule has 0 spiro atoms. The van der Waals surface area contributed by atoms with E-state index in [-0.39, 0.29) is 4.90 Å². The number of carbonyl (C=O) groups is 1. The molecule has 0 aliphatic rings. The summed E-state index contributed by atoms with van der Waals surface area (Å²) in [4.78, 5) is 14.8. The largest absolute Gasteiger partial charge is 0.494 e. The summed E-state index contributed by atoms with van der Waals surface area (Å²) in [5.74, 6) is 0.0361. The number of anilines is 2. The minimum Gasteiger partial charge on any atom is -0.494 e. The number of amides is 1. The summed E-state index contributed by atoms with van der Waals surface area (Å²) < 4.78 is 33.4. The van der Waals surface area contributed by atoms with Crippen molar-refractivity contribution in [3.63, 3.8) is 0 Å². The number of ether oxygens (including phenoxy) is 1. The van der Waals surface area contributed by atoms with Gasteiger partial charge in [0.1, 0.15) is 12.3 Å². The molecule has 0 aliphatic heterocycles. The number of hydrogen-bond acceptors (Lipinski definition) is 6. The SMILES string of the molecule is CCOc1ccc(N(CC(=O)N/N=C/c2ccc(N(C)C)cc2)S(=O)(=O)c2ccc(C)cc2)cc1. The van der Waals surface area contributed by atoms with Crippen LogP contribution in [0.3, 0.4) is 0 Å². The molecule has 184 valence electrons. The van der Waals surface area contributed by atoms with Gasteiger partial charge < -0.3 is 9.64 Å². The van der Waals surface area contributed by atoms with Crippen molar-refractivity contribution >= 4 is 33.5 Å². The van der Waals surface area contributed by atoms with E-state index >= 15 is 0 Å². The monoisotopic (exact) mass is 494 g/mol. The summed E-state index contributed by atoms with van der Waals surface area (Å²) in [5, 5.41) is 3.99. The van der Waals surface area contributed by atoms with E-state index < -0.39 is 22.5 Å². The number of hydrogen-bond donors (Lipinski definition) is 1. The average Bonchev–Trinajstić information content (AvgIpc) is 2.84. The fraction of sp³-hybridized carbons (Fsp3) is 0.231. The van der Waals surface area contributed by atoms with Crippen LogP contribution >= 0.6 is 0 Å². The minimum atomic E-state index is -4.01. The zero-order valence-corrected chi connectivity index (χ0v) is 21.1. The van der Waals surface area contributed by atoms with Crippen LogP contribution in [-0.2, 0) is 14.8 Å². The van der Waals surface area contributed by atoms with Crippen LogP contribution in [0.1, 0.15) is 18.1 Å². The van der Waals surface area contributed by atoms with Gasteiger partial charge in [-0.15, -0.1) is 0 Å². The highest BCUT2D eigenvalue weighted by molar-refractivity contribution is 7.92. The first-order chi connectivity index (χ1) is 16.7. The maximum atomic E-state index is 13.4. The Hall–Kier alpha value is -3.85. The van der Waals surface area contributed by atoms with E-state index in [0.717, 1.165) is 21.1 Å². The van der Waals surface area contributed by atoms with Crippen molar-refractivity contribution in [1.82, 2.24) is 5.43 Å². The van der Waals surface area contributed by atoms with Crippen molar-refractivity contribution in [3.8, 4) is 5.75 Å². The molecule has 3 aromatic rings. The van der Waals surface area contributed by atoms with Crippen molar-refractivity contribution in [1.29, 1.82) is 0 Å². The van der Waals surface area contributed by atoms with Crippen molar-refractivity contribution < 1.29 is 17.9 Å². The molecule has 1 N–H and O–H groups in total. The van der Waals surface area contributed by atoms with Crippen molar-refractivity contribution in [2.24, 2.45) is 5.10 Å². The molecule has 0 bridgehead atoms. The highest BCUT2D eigenvalue weighted by Crippen LogP contribution is 2.26. The molecule has 0 heterocycles. The highest BCUT2D eigenvalue weighted by atomic mass is 32.2. The molecule has 0 aromatic heterocycles. The molecule has 0 saturated heterocycles. The number of nitrogens with zero attached hydrogens (tertiary/aromatic N) is 3. The number of aryl methyl sites for hydroxylation is 1. The van der Waals surface area contributed by atoms with Gasteiger partial charge in [-0.1, -0.05) is 29.8 Å². The van der Waals surface area contributed by atoms with Gasteiger partial charge in [-0.25, -0.2) is 13.8 Å². The first-order valence-electron chi connectivity index (χ1n) is 11.1. The van der Waals surface area contributed by atoms with Crippen LogP contribution in [0.5, 0.6) is 5.75 Å². The number of hydrazone groups is 1. The van der Waals surface area contributed by atoms with Crippen molar-refractivity contribution in [2.75, 3.05) is 36.5 Å². The molecule has 0 atom stereocenters. The lowest BCUT2D eigenvalue weighted by Crippen LogP contribution is -2.39. The maximum Gasteiger partial charge on any atom is 0.264 e. The third-order valence-corrected chi connectivity index (χ3v) is 6.93. The van der Waals surface area contributed by atoms with Crippen LogP contribution in [0.2, 0.25) is 0 Å². The Kier molecular flexibility index (Phi) is 8.48. The Morgan fingerprint density at radius 2 is 1.54 bits per heavy atom. The molecule has 0 radical (unpaired) electrons. The van der Waals surface area contributed by atoms with E-state index in [2.05, 4.69) is 10.5 Å². The average molecular weight is 495 g/mol. The zero-order valence-electron chi connectivity index (χ0n) is 20.3. The quantitative estimate of drug-likeness (QED) is 0.342. The van der Waals surface area contributed by atoms with Crippen LogP contribution in [0.4, 0.5) is 11.4 Å². The Morgan fingerprint density at radius 1 is 0.943 bits per heavy atom. The van der Waals surface area contributed by atoms with Crippen LogP contribution in [0.15, 0.2) is 82.8 Å². The second-order valence-corrected chi connectivity index (χ2v) is 9.89. The lowest BCUT2D eigenvalue weighted by atomic mass is 10.2. The van der Waals surface area contributed by atoms with Gasteiger partial charge in [-0.3, -0.25) is 9.10 Å². The Bertz CT molecular complexity index is 1250. The molecule has 9 heteroatoms. The lowest BCUT2D eigenvalue weighted by molar-refractivity contribution is -0.119. The van der Waals surface area contributed by atoms with Crippen molar-refractivity contribution in [3.05, 3.63) is 83.9 Å². The third kappa shape index (κ3) is 6.83. The summed E-state index contributed by atoms with van der Waals surface area (Å²) in [6.07, 6.45) is 1.51. The minimum absolute atomic E-state index is 0.0919. The summed E-state index contributed by atoms with van der Waals surface area (Å²) in [5.41, 5.74) is 5.53. The molecule has 3 rings (SSSR count). The van der Waals surface area contributed by atoms with Gasteiger partial charge in [-0.2, -0.15) is 5.10 Å². The second kappa shape index (κ2) is 11.5. The summed E-state index contributed by atoms with van der Waals surface area (Å²) in [7, 11) is -0.109. The number of carbonyl (C=O) groups excluding carboxylic acids is 1. The maximum absolute atomic E-state index is 13.4. The second-order valence-electron chi connectivity index (χ2n) is 8.03. The summed E-state index contributed by atoms with van der Waals surface area (Å²) >= 11 is 0. The fourth-order valence-electron chi connectivity index (χ4n) is 3.23. The molecule has 3 aromatic carbocycles. The number of sulfonamides is 1. The summed E-state index contributed by atoms with van der Waals surface area (Å²) in [6.45, 7) is 3.79. The molecule has 35 heavy (non-hydrogen) atoms. The van der Waals surface area contributed by atoms with Gasteiger partial charge in [-0.05, 0) is 67.9 Å². The molecule has 0 unspecified atom stereocenters. The lowest BCUT2D eigenvalue weighted by Gasteiger charge is -2.24. The molecule has 0 aliphatic carbocycles. The van der Waals surface area contributed by atoms with Crippen LogP contribution in [0.25, 0.3) is 0 Å². The van der Waals surface area contributed by atoms with Gasteiger partial charge in [0.05, 0.1) is 23.4 Å². The normalized spacial score (nSPS) is 11.3. The molecule has 0 saturated carbocycles. The van der Waals surface area contributed by atoms with Crippen LogP contribution in [-0.4, -0.2) is 47.8 Å². The zero-order chi connectivity index (χ0) is 25.4. The van der Waals surface area contributed by atoms with Crippen molar-refractivity contribution in [2.45, 2.75) is 18.7 Å². The van der Waals surface area contributed by atoms with Gasteiger partial charge >= 0.3 is 0 Å². The van der Waals surface area contributed by atoms with E-state index in [1.165, 1.54) is 18.3 Å². The summed E-state index contributed by atoms with van der Waals surface area (Å²) in [6, 6.07) is 20.7. The van der Waals surface area contributed by atoms with Crippen LogP contribution < -0.4 is 19.4 Å². The predicted molar refractivity (Wildman–Crippen MR) is 140 cm³/mol. The molecule has 0 fully saturated rings. The van der Waals surface area contributed by atoms with E-state index in [1.807, 2.05) is 57.1 Å². The Balaban J connectivity index is 1.80. The van der Waals surface area contributed by atoms with E-state index in [1.54, 1.807) is 36.4 Å². The number of rotatable bonds is 10. The first kappa shape index (κ1) is 25.8. The smallest absolute Gasteiger partial charge is 0.264 e. The molecular formula is C26H30N4O4S.